The minimum absolute atomic E-state index is 0.0630. The number of hydrazine groups is 1. The molecule has 15 heavy (non-hydrogen) atoms. The summed E-state index contributed by atoms with van der Waals surface area (Å²) >= 11 is 9.57. The molecule has 1 atom stereocenters. The third kappa shape index (κ3) is 3.31. The fraction of sp³-hybridized carbons (Fsp3) is 0.273. The van der Waals surface area contributed by atoms with E-state index in [9.17, 15) is 0 Å². The van der Waals surface area contributed by atoms with Crippen molar-refractivity contribution in [3.8, 4) is 0 Å². The molecule has 0 bridgehead atoms. The molecule has 1 aromatic rings. The van der Waals surface area contributed by atoms with Crippen LogP contribution in [0.3, 0.4) is 0 Å². The average molecular weight is 290 g/mol. The van der Waals surface area contributed by atoms with Gasteiger partial charge in [0.15, 0.2) is 0 Å². The molecule has 1 unspecified atom stereocenters. The van der Waals surface area contributed by atoms with Gasteiger partial charge >= 0.3 is 0 Å². The highest BCUT2D eigenvalue weighted by molar-refractivity contribution is 9.10. The summed E-state index contributed by atoms with van der Waals surface area (Å²) in [7, 11) is 0. The van der Waals surface area contributed by atoms with Gasteiger partial charge in [-0.1, -0.05) is 29.8 Å². The molecule has 0 spiro atoms. The Morgan fingerprint density at radius 3 is 2.93 bits per heavy atom. The largest absolute Gasteiger partial charge is 0.271 e. The summed E-state index contributed by atoms with van der Waals surface area (Å²) in [5.74, 6) is 5.51. The standard InChI is InChI=1S/C11H14BrClN2/c1-2-3-7-10(15-14)8-5-4-6-9(12)11(8)13/h2,4-6,10,15H,1,3,7,14H2. The molecule has 0 radical (unpaired) electrons. The normalized spacial score (nSPS) is 12.5. The summed E-state index contributed by atoms with van der Waals surface area (Å²) in [6.45, 7) is 3.69. The van der Waals surface area contributed by atoms with Crippen LogP contribution in [-0.4, -0.2) is 0 Å². The Morgan fingerprint density at radius 2 is 2.33 bits per heavy atom. The van der Waals surface area contributed by atoms with Crippen molar-refractivity contribution in [1.82, 2.24) is 5.43 Å². The lowest BCUT2D eigenvalue weighted by Crippen LogP contribution is -2.28. The highest BCUT2D eigenvalue weighted by Gasteiger charge is 2.13. The summed E-state index contributed by atoms with van der Waals surface area (Å²) in [5.41, 5.74) is 3.78. The fourth-order valence-corrected chi connectivity index (χ4v) is 2.04. The maximum Gasteiger partial charge on any atom is 0.0596 e. The lowest BCUT2D eigenvalue weighted by Gasteiger charge is -2.17. The Hall–Kier alpha value is -0.350. The molecule has 0 saturated heterocycles. The highest BCUT2D eigenvalue weighted by Crippen LogP contribution is 2.31. The monoisotopic (exact) mass is 288 g/mol. The van der Waals surface area contributed by atoms with E-state index in [0.29, 0.717) is 5.02 Å². The summed E-state index contributed by atoms with van der Waals surface area (Å²) in [6, 6.07) is 5.89. The lowest BCUT2D eigenvalue weighted by atomic mass is 10.0. The van der Waals surface area contributed by atoms with Crippen LogP contribution >= 0.6 is 27.5 Å². The second-order valence-electron chi connectivity index (χ2n) is 3.23. The first-order valence-corrected chi connectivity index (χ1v) is 5.88. The van der Waals surface area contributed by atoms with Crippen molar-refractivity contribution in [2.45, 2.75) is 18.9 Å². The molecule has 82 valence electrons. The van der Waals surface area contributed by atoms with Crippen molar-refractivity contribution in [1.29, 1.82) is 0 Å². The van der Waals surface area contributed by atoms with E-state index in [1.165, 1.54) is 0 Å². The Labute approximate surface area is 104 Å². The maximum absolute atomic E-state index is 6.18. The number of allylic oxidation sites excluding steroid dienone is 1. The van der Waals surface area contributed by atoms with E-state index in [0.717, 1.165) is 22.9 Å². The molecule has 0 aliphatic heterocycles. The molecule has 3 N–H and O–H groups in total. The van der Waals surface area contributed by atoms with Crippen molar-refractivity contribution in [2.75, 3.05) is 0 Å². The third-order valence-electron chi connectivity index (χ3n) is 2.22. The number of benzene rings is 1. The van der Waals surface area contributed by atoms with Crippen molar-refractivity contribution in [3.05, 3.63) is 45.9 Å². The van der Waals surface area contributed by atoms with E-state index in [1.807, 2.05) is 24.3 Å². The van der Waals surface area contributed by atoms with Gasteiger partial charge in [-0.3, -0.25) is 11.3 Å². The molecular weight excluding hydrogens is 275 g/mol. The number of rotatable bonds is 5. The number of nitrogens with two attached hydrogens (primary N) is 1. The zero-order valence-electron chi connectivity index (χ0n) is 8.34. The van der Waals surface area contributed by atoms with E-state index < -0.39 is 0 Å². The van der Waals surface area contributed by atoms with Crippen molar-refractivity contribution in [3.63, 3.8) is 0 Å². The molecule has 0 heterocycles. The van der Waals surface area contributed by atoms with Crippen LogP contribution in [0.4, 0.5) is 0 Å². The fourth-order valence-electron chi connectivity index (χ4n) is 1.40. The van der Waals surface area contributed by atoms with E-state index in [1.54, 1.807) is 0 Å². The molecule has 0 aliphatic carbocycles. The lowest BCUT2D eigenvalue weighted by molar-refractivity contribution is 0.521. The van der Waals surface area contributed by atoms with Crippen molar-refractivity contribution < 1.29 is 0 Å². The molecule has 4 heteroatoms. The summed E-state index contributed by atoms with van der Waals surface area (Å²) in [4.78, 5) is 0. The molecular formula is C11H14BrClN2. The Balaban J connectivity index is 2.90. The molecule has 0 aromatic heterocycles. The minimum Gasteiger partial charge on any atom is -0.271 e. The zero-order chi connectivity index (χ0) is 11.3. The van der Waals surface area contributed by atoms with Gasteiger partial charge in [-0.25, -0.2) is 0 Å². The van der Waals surface area contributed by atoms with Gasteiger partial charge in [-0.2, -0.15) is 0 Å². The smallest absolute Gasteiger partial charge is 0.0596 e. The van der Waals surface area contributed by atoms with E-state index >= 15 is 0 Å². The molecule has 1 aromatic carbocycles. The number of hydrogen-bond donors (Lipinski definition) is 2. The molecule has 0 amide bonds. The second kappa shape index (κ2) is 6.28. The van der Waals surface area contributed by atoms with E-state index in [-0.39, 0.29) is 6.04 Å². The van der Waals surface area contributed by atoms with Crippen molar-refractivity contribution >= 4 is 27.5 Å². The van der Waals surface area contributed by atoms with Crippen LogP contribution in [0.5, 0.6) is 0 Å². The van der Waals surface area contributed by atoms with Gasteiger partial charge in [0.2, 0.25) is 0 Å². The zero-order valence-corrected chi connectivity index (χ0v) is 10.7. The van der Waals surface area contributed by atoms with Gasteiger partial charge in [0, 0.05) is 10.5 Å². The minimum atomic E-state index is 0.0630. The van der Waals surface area contributed by atoms with Crippen LogP contribution < -0.4 is 11.3 Å². The summed E-state index contributed by atoms with van der Waals surface area (Å²) in [5, 5.41) is 0.713. The van der Waals surface area contributed by atoms with Crippen LogP contribution in [-0.2, 0) is 0 Å². The molecule has 2 nitrogen and oxygen atoms in total. The topological polar surface area (TPSA) is 38.0 Å². The molecule has 1 rings (SSSR count). The van der Waals surface area contributed by atoms with E-state index in [4.69, 9.17) is 17.4 Å². The van der Waals surface area contributed by atoms with Crippen LogP contribution in [0.15, 0.2) is 35.3 Å². The van der Waals surface area contributed by atoms with Crippen LogP contribution in [0.25, 0.3) is 0 Å². The van der Waals surface area contributed by atoms with Crippen LogP contribution in [0, 0.1) is 0 Å². The van der Waals surface area contributed by atoms with Crippen LogP contribution in [0.1, 0.15) is 24.4 Å². The number of nitrogens with one attached hydrogen (secondary N) is 1. The second-order valence-corrected chi connectivity index (χ2v) is 4.46. The first-order valence-electron chi connectivity index (χ1n) is 4.71. The van der Waals surface area contributed by atoms with Gasteiger partial charge in [-0.05, 0) is 40.4 Å². The predicted molar refractivity (Wildman–Crippen MR) is 68.6 cm³/mol. The third-order valence-corrected chi connectivity index (χ3v) is 3.53. The van der Waals surface area contributed by atoms with E-state index in [2.05, 4.69) is 27.9 Å². The first-order chi connectivity index (χ1) is 7.20. The van der Waals surface area contributed by atoms with Gasteiger partial charge in [-0.15, -0.1) is 6.58 Å². The Morgan fingerprint density at radius 1 is 1.60 bits per heavy atom. The molecule has 0 aliphatic rings. The molecule has 0 fully saturated rings. The average Bonchev–Trinajstić information content (AvgIpc) is 2.25. The number of halogens is 2. The quantitative estimate of drug-likeness (QED) is 0.494. The summed E-state index contributed by atoms with van der Waals surface area (Å²) in [6.07, 6.45) is 3.66. The first kappa shape index (κ1) is 12.7. The van der Waals surface area contributed by atoms with Gasteiger partial charge in [0.1, 0.15) is 0 Å². The number of hydrogen-bond acceptors (Lipinski definition) is 2. The van der Waals surface area contributed by atoms with Gasteiger partial charge in [0.25, 0.3) is 0 Å². The summed E-state index contributed by atoms with van der Waals surface area (Å²) < 4.78 is 0.889. The van der Waals surface area contributed by atoms with Crippen LogP contribution in [0.2, 0.25) is 5.02 Å². The highest BCUT2D eigenvalue weighted by atomic mass is 79.9. The Bertz CT molecular complexity index is 341. The van der Waals surface area contributed by atoms with Crippen molar-refractivity contribution in [2.24, 2.45) is 5.84 Å². The molecule has 0 saturated carbocycles. The SMILES string of the molecule is C=CCCC(NN)c1cccc(Br)c1Cl. The Kier molecular flexibility index (Phi) is 5.32. The van der Waals surface area contributed by atoms with Gasteiger partial charge in [0.05, 0.1) is 5.02 Å². The van der Waals surface area contributed by atoms with Gasteiger partial charge < -0.3 is 0 Å². The predicted octanol–water partition coefficient (Wildman–Crippen LogP) is 3.57. The maximum atomic E-state index is 6.18.